The van der Waals surface area contributed by atoms with Gasteiger partial charge in [0.05, 0.1) is 6.61 Å². The van der Waals surface area contributed by atoms with Crippen LogP contribution in [0.1, 0.15) is 32.5 Å². The Kier molecular flexibility index (Phi) is 2.46. The van der Waals surface area contributed by atoms with E-state index in [1.54, 1.807) is 6.33 Å². The number of carbonyl (C=O) groups excluding carboxylic acids is 1. The zero-order valence-electron chi connectivity index (χ0n) is 9.06. The van der Waals surface area contributed by atoms with Crippen LogP contribution in [0.25, 0.3) is 0 Å². The van der Waals surface area contributed by atoms with E-state index in [0.29, 0.717) is 6.61 Å². The van der Waals surface area contributed by atoms with E-state index in [4.69, 9.17) is 4.74 Å². The molecule has 0 aliphatic heterocycles. The summed E-state index contributed by atoms with van der Waals surface area (Å²) in [6.45, 7) is 5.02. The minimum Gasteiger partial charge on any atom is -0.465 e. The van der Waals surface area contributed by atoms with E-state index >= 15 is 0 Å². The van der Waals surface area contributed by atoms with Crippen molar-refractivity contribution in [2.75, 3.05) is 6.61 Å². The highest BCUT2D eigenvalue weighted by atomic mass is 16.5. The van der Waals surface area contributed by atoms with Crippen LogP contribution >= 0.6 is 0 Å². The highest BCUT2D eigenvalue weighted by Crippen LogP contribution is 2.48. The third-order valence-electron chi connectivity index (χ3n) is 2.80. The van der Waals surface area contributed by atoms with Gasteiger partial charge in [0, 0.05) is 6.54 Å². The topological polar surface area (TPSA) is 57.0 Å². The molecule has 0 atom stereocenters. The molecule has 15 heavy (non-hydrogen) atoms. The first kappa shape index (κ1) is 10.1. The molecule has 1 aromatic rings. The summed E-state index contributed by atoms with van der Waals surface area (Å²) in [6.07, 6.45) is 3.31. The van der Waals surface area contributed by atoms with Crippen LogP contribution < -0.4 is 0 Å². The summed E-state index contributed by atoms with van der Waals surface area (Å²) >= 11 is 0. The van der Waals surface area contributed by atoms with Gasteiger partial charge in [-0.15, -0.1) is 10.2 Å². The molecular weight excluding hydrogens is 194 g/mol. The Balaban J connectivity index is 2.26. The molecule has 5 heteroatoms. The van der Waals surface area contributed by atoms with Gasteiger partial charge < -0.3 is 9.30 Å². The molecule has 0 saturated heterocycles. The molecule has 1 saturated carbocycles. The molecule has 1 aliphatic carbocycles. The second-order valence-electron chi connectivity index (χ2n) is 3.74. The number of aromatic nitrogens is 3. The second-order valence-corrected chi connectivity index (χ2v) is 3.74. The Hall–Kier alpha value is -1.39. The van der Waals surface area contributed by atoms with Crippen LogP contribution in [0.2, 0.25) is 0 Å². The van der Waals surface area contributed by atoms with Crippen molar-refractivity contribution >= 4 is 5.97 Å². The van der Waals surface area contributed by atoms with Crippen LogP contribution in [0, 0.1) is 0 Å². The number of carbonyl (C=O) groups is 1. The van der Waals surface area contributed by atoms with E-state index < -0.39 is 5.41 Å². The van der Waals surface area contributed by atoms with Gasteiger partial charge in [0.15, 0.2) is 0 Å². The van der Waals surface area contributed by atoms with E-state index in [9.17, 15) is 4.79 Å². The van der Waals surface area contributed by atoms with Crippen LogP contribution in [0.5, 0.6) is 0 Å². The lowest BCUT2D eigenvalue weighted by Gasteiger charge is -2.13. The summed E-state index contributed by atoms with van der Waals surface area (Å²) in [7, 11) is 0. The zero-order valence-corrected chi connectivity index (χ0v) is 9.06. The molecule has 1 aliphatic rings. The fourth-order valence-corrected chi connectivity index (χ4v) is 1.77. The van der Waals surface area contributed by atoms with Crippen molar-refractivity contribution in [3.63, 3.8) is 0 Å². The molecular formula is C10H15N3O2. The number of rotatable bonds is 4. The Bertz CT molecular complexity index is 368. The van der Waals surface area contributed by atoms with Gasteiger partial charge in [-0.1, -0.05) is 0 Å². The molecule has 0 bridgehead atoms. The first-order valence-corrected chi connectivity index (χ1v) is 5.30. The lowest BCUT2D eigenvalue weighted by atomic mass is 10.1. The van der Waals surface area contributed by atoms with Crippen LogP contribution in [0.4, 0.5) is 0 Å². The summed E-state index contributed by atoms with van der Waals surface area (Å²) in [4.78, 5) is 11.8. The summed E-state index contributed by atoms with van der Waals surface area (Å²) in [5, 5.41) is 7.88. The van der Waals surface area contributed by atoms with Crippen molar-refractivity contribution in [3.05, 3.63) is 12.2 Å². The first-order valence-electron chi connectivity index (χ1n) is 5.30. The summed E-state index contributed by atoms with van der Waals surface area (Å²) in [6, 6.07) is 0. The fraction of sp³-hybridized carbons (Fsp3) is 0.700. The van der Waals surface area contributed by atoms with Gasteiger partial charge in [-0.2, -0.15) is 0 Å². The number of aryl methyl sites for hydroxylation is 1. The molecule has 5 nitrogen and oxygen atoms in total. The lowest BCUT2D eigenvalue weighted by molar-refractivity contribution is -0.146. The molecule has 1 heterocycles. The quantitative estimate of drug-likeness (QED) is 0.691. The molecule has 0 amide bonds. The maximum Gasteiger partial charge on any atom is 0.319 e. The monoisotopic (exact) mass is 209 g/mol. The van der Waals surface area contributed by atoms with Gasteiger partial charge in [-0.25, -0.2) is 0 Å². The first-order chi connectivity index (χ1) is 7.24. The van der Waals surface area contributed by atoms with E-state index in [1.807, 2.05) is 18.4 Å². The number of hydrogen-bond acceptors (Lipinski definition) is 4. The maximum atomic E-state index is 11.8. The van der Waals surface area contributed by atoms with E-state index in [-0.39, 0.29) is 5.97 Å². The molecule has 1 fully saturated rings. The van der Waals surface area contributed by atoms with Crippen molar-refractivity contribution in [1.82, 2.24) is 14.8 Å². The molecule has 0 unspecified atom stereocenters. The molecule has 82 valence electrons. The van der Waals surface area contributed by atoms with Crippen molar-refractivity contribution in [1.29, 1.82) is 0 Å². The van der Waals surface area contributed by atoms with Gasteiger partial charge >= 0.3 is 5.97 Å². The van der Waals surface area contributed by atoms with Crippen molar-refractivity contribution in [2.24, 2.45) is 0 Å². The number of ether oxygens (including phenoxy) is 1. The molecule has 1 aromatic heterocycles. The average molecular weight is 209 g/mol. The molecule has 0 N–H and O–H groups in total. The predicted molar refractivity (Wildman–Crippen MR) is 53.2 cm³/mol. The van der Waals surface area contributed by atoms with Crippen molar-refractivity contribution in [2.45, 2.75) is 38.6 Å². The smallest absolute Gasteiger partial charge is 0.319 e. The summed E-state index contributed by atoms with van der Waals surface area (Å²) in [5.41, 5.74) is -0.498. The number of esters is 1. The van der Waals surface area contributed by atoms with Gasteiger partial charge in [-0.3, -0.25) is 4.79 Å². The maximum absolute atomic E-state index is 11.8. The third-order valence-corrected chi connectivity index (χ3v) is 2.80. The van der Waals surface area contributed by atoms with Gasteiger partial charge in [-0.05, 0) is 26.7 Å². The minimum atomic E-state index is -0.498. The van der Waals surface area contributed by atoms with Crippen molar-refractivity contribution < 1.29 is 9.53 Å². The van der Waals surface area contributed by atoms with E-state index in [2.05, 4.69) is 10.2 Å². The fourth-order valence-electron chi connectivity index (χ4n) is 1.77. The second kappa shape index (κ2) is 3.64. The van der Waals surface area contributed by atoms with Crippen LogP contribution in [-0.4, -0.2) is 27.3 Å². The van der Waals surface area contributed by atoms with E-state index in [1.165, 1.54) is 0 Å². The Morgan fingerprint density at radius 2 is 2.33 bits per heavy atom. The van der Waals surface area contributed by atoms with Gasteiger partial charge in [0.25, 0.3) is 0 Å². The Labute approximate surface area is 88.4 Å². The van der Waals surface area contributed by atoms with E-state index in [0.717, 1.165) is 25.2 Å². The van der Waals surface area contributed by atoms with Crippen LogP contribution in [0.15, 0.2) is 6.33 Å². The van der Waals surface area contributed by atoms with Gasteiger partial charge in [0.1, 0.15) is 17.6 Å². The molecule has 0 spiro atoms. The van der Waals surface area contributed by atoms with Crippen LogP contribution in [0.3, 0.4) is 0 Å². The molecule has 0 aromatic carbocycles. The van der Waals surface area contributed by atoms with Crippen LogP contribution in [-0.2, 0) is 21.5 Å². The Morgan fingerprint density at radius 1 is 1.60 bits per heavy atom. The predicted octanol–water partition coefficient (Wildman–Crippen LogP) is 0.893. The summed E-state index contributed by atoms with van der Waals surface area (Å²) < 4.78 is 6.98. The Morgan fingerprint density at radius 3 is 2.87 bits per heavy atom. The molecule has 0 radical (unpaired) electrons. The third kappa shape index (κ3) is 1.52. The average Bonchev–Trinajstić information content (AvgIpc) is 2.91. The molecule has 2 rings (SSSR count). The van der Waals surface area contributed by atoms with Gasteiger partial charge in [0.2, 0.25) is 0 Å². The largest absolute Gasteiger partial charge is 0.465 e. The summed E-state index contributed by atoms with van der Waals surface area (Å²) in [5.74, 6) is 0.594. The normalized spacial score (nSPS) is 17.5. The zero-order chi connectivity index (χ0) is 10.9. The highest BCUT2D eigenvalue weighted by molar-refractivity contribution is 5.85. The highest BCUT2D eigenvalue weighted by Gasteiger charge is 2.56. The SMILES string of the molecule is CCOC(=O)C1(c2nncn2CC)CC1. The van der Waals surface area contributed by atoms with Crippen molar-refractivity contribution in [3.8, 4) is 0 Å². The standard InChI is InChI=1S/C10H15N3O2/c1-3-13-7-11-12-8(13)10(5-6-10)9(14)15-4-2/h7H,3-6H2,1-2H3. The number of hydrogen-bond donors (Lipinski definition) is 0. The lowest BCUT2D eigenvalue weighted by Crippen LogP contribution is -2.27. The number of nitrogens with zero attached hydrogens (tertiary/aromatic N) is 3. The minimum absolute atomic E-state index is 0.160.